The van der Waals surface area contributed by atoms with Crippen LogP contribution in [0.4, 0.5) is 0 Å². The van der Waals surface area contributed by atoms with E-state index in [9.17, 15) is 4.79 Å². The summed E-state index contributed by atoms with van der Waals surface area (Å²) in [6.07, 6.45) is 7.01. The number of hydrogen-bond acceptors (Lipinski definition) is 2. The molecule has 110 valence electrons. The third-order valence-electron chi connectivity index (χ3n) is 4.26. The Kier molecular flexibility index (Phi) is 5.60. The van der Waals surface area contributed by atoms with Gasteiger partial charge in [-0.25, -0.2) is 0 Å². The second kappa shape index (κ2) is 7.44. The highest BCUT2D eigenvalue weighted by Crippen LogP contribution is 2.24. The molecule has 0 radical (unpaired) electrons. The lowest BCUT2D eigenvalue weighted by molar-refractivity contribution is 0.0641. The molecule has 0 heterocycles. The molecule has 0 aromatic heterocycles. The van der Waals surface area contributed by atoms with Gasteiger partial charge in [0, 0.05) is 24.7 Å². The third-order valence-corrected chi connectivity index (χ3v) is 4.26. The monoisotopic (exact) mass is 274 g/mol. The van der Waals surface area contributed by atoms with Crippen molar-refractivity contribution in [3.63, 3.8) is 0 Å². The molecule has 0 aliphatic heterocycles. The summed E-state index contributed by atoms with van der Waals surface area (Å²) >= 11 is 0. The summed E-state index contributed by atoms with van der Waals surface area (Å²) in [6, 6.07) is 8.38. The Morgan fingerprint density at radius 3 is 2.40 bits per heavy atom. The maximum atomic E-state index is 12.7. The molecule has 1 amide bonds. The van der Waals surface area contributed by atoms with Crippen LogP contribution in [0.2, 0.25) is 0 Å². The molecule has 3 nitrogen and oxygen atoms in total. The number of rotatable bonds is 5. The van der Waals surface area contributed by atoms with E-state index in [1.54, 1.807) is 0 Å². The van der Waals surface area contributed by atoms with Gasteiger partial charge < -0.3 is 10.6 Å². The molecule has 0 saturated heterocycles. The van der Waals surface area contributed by atoms with Crippen LogP contribution in [-0.2, 0) is 6.42 Å². The average Bonchev–Trinajstić information content (AvgIpc) is 2.53. The van der Waals surface area contributed by atoms with E-state index in [-0.39, 0.29) is 5.91 Å². The zero-order valence-electron chi connectivity index (χ0n) is 12.5. The summed E-state index contributed by atoms with van der Waals surface area (Å²) in [4.78, 5) is 14.7. The van der Waals surface area contributed by atoms with Gasteiger partial charge in [-0.2, -0.15) is 0 Å². The van der Waals surface area contributed by atoms with Crippen molar-refractivity contribution >= 4 is 5.91 Å². The summed E-state index contributed by atoms with van der Waals surface area (Å²) in [6.45, 7) is 3.33. The van der Waals surface area contributed by atoms with E-state index in [4.69, 9.17) is 5.73 Å². The minimum absolute atomic E-state index is 0.144. The molecule has 0 unspecified atom stereocenters. The number of carbonyl (C=O) groups excluding carboxylic acids is 1. The van der Waals surface area contributed by atoms with Crippen LogP contribution in [0.3, 0.4) is 0 Å². The topological polar surface area (TPSA) is 46.3 Å². The van der Waals surface area contributed by atoms with Crippen molar-refractivity contribution in [3.8, 4) is 0 Å². The van der Waals surface area contributed by atoms with Crippen molar-refractivity contribution in [2.75, 3.05) is 13.1 Å². The Morgan fingerprint density at radius 2 is 1.85 bits per heavy atom. The van der Waals surface area contributed by atoms with Crippen LogP contribution in [0.25, 0.3) is 0 Å². The predicted molar refractivity (Wildman–Crippen MR) is 82.8 cm³/mol. The van der Waals surface area contributed by atoms with E-state index in [1.807, 2.05) is 17.0 Å². The highest BCUT2D eigenvalue weighted by atomic mass is 16.2. The average molecular weight is 274 g/mol. The van der Waals surface area contributed by atoms with E-state index in [0.717, 1.165) is 24.8 Å². The molecule has 0 spiro atoms. The van der Waals surface area contributed by atoms with E-state index in [0.29, 0.717) is 19.1 Å². The van der Waals surface area contributed by atoms with Gasteiger partial charge in [0.25, 0.3) is 5.91 Å². The summed E-state index contributed by atoms with van der Waals surface area (Å²) in [5.74, 6) is 0.144. The number of benzene rings is 1. The molecule has 0 bridgehead atoms. The minimum atomic E-state index is 0.144. The van der Waals surface area contributed by atoms with Crippen molar-refractivity contribution in [1.29, 1.82) is 0 Å². The van der Waals surface area contributed by atoms with Crippen molar-refractivity contribution in [3.05, 3.63) is 35.4 Å². The molecule has 2 N–H and O–H groups in total. The number of aryl methyl sites for hydroxylation is 1. The van der Waals surface area contributed by atoms with Crippen LogP contribution in [0.1, 0.15) is 54.9 Å². The molecule has 1 saturated carbocycles. The van der Waals surface area contributed by atoms with Crippen LogP contribution in [0, 0.1) is 0 Å². The van der Waals surface area contributed by atoms with Gasteiger partial charge >= 0.3 is 0 Å². The van der Waals surface area contributed by atoms with Crippen molar-refractivity contribution < 1.29 is 4.79 Å². The maximum absolute atomic E-state index is 12.7. The molecule has 1 aliphatic carbocycles. The highest BCUT2D eigenvalue weighted by Gasteiger charge is 2.25. The Labute approximate surface area is 122 Å². The van der Waals surface area contributed by atoms with Gasteiger partial charge in [-0.1, -0.05) is 38.3 Å². The number of amides is 1. The molecule has 1 aromatic rings. The van der Waals surface area contributed by atoms with Gasteiger partial charge in [-0.3, -0.25) is 4.79 Å². The first-order valence-electron chi connectivity index (χ1n) is 7.86. The lowest BCUT2D eigenvalue weighted by atomic mass is 9.93. The summed E-state index contributed by atoms with van der Waals surface area (Å²) in [5, 5.41) is 0. The Balaban J connectivity index is 2.12. The molecule has 3 heteroatoms. The maximum Gasteiger partial charge on any atom is 0.254 e. The highest BCUT2D eigenvalue weighted by molar-refractivity contribution is 5.94. The van der Waals surface area contributed by atoms with E-state index in [1.165, 1.54) is 24.8 Å². The molecule has 1 aliphatic rings. The van der Waals surface area contributed by atoms with Crippen LogP contribution in [-0.4, -0.2) is 29.9 Å². The quantitative estimate of drug-likeness (QED) is 0.897. The second-order valence-electron chi connectivity index (χ2n) is 5.63. The van der Waals surface area contributed by atoms with E-state index >= 15 is 0 Å². The Morgan fingerprint density at radius 1 is 1.20 bits per heavy atom. The van der Waals surface area contributed by atoms with Crippen LogP contribution in [0.5, 0.6) is 0 Å². The lowest BCUT2D eigenvalue weighted by Gasteiger charge is -2.34. The number of hydrogen-bond donors (Lipinski definition) is 1. The number of nitrogens with zero attached hydrogens (tertiary/aromatic N) is 1. The van der Waals surface area contributed by atoms with Crippen LogP contribution in [0.15, 0.2) is 24.3 Å². The van der Waals surface area contributed by atoms with Gasteiger partial charge in [0.05, 0.1) is 0 Å². The molecule has 0 atom stereocenters. The Bertz CT molecular complexity index is 421. The van der Waals surface area contributed by atoms with Gasteiger partial charge in [0.2, 0.25) is 0 Å². The normalized spacial score (nSPS) is 16.1. The lowest BCUT2D eigenvalue weighted by Crippen LogP contribution is -2.44. The minimum Gasteiger partial charge on any atom is -0.334 e. The first kappa shape index (κ1) is 15.0. The molecule has 20 heavy (non-hydrogen) atoms. The van der Waals surface area contributed by atoms with Gasteiger partial charge in [-0.15, -0.1) is 0 Å². The van der Waals surface area contributed by atoms with Crippen molar-refractivity contribution in [2.24, 2.45) is 5.73 Å². The predicted octanol–water partition coefficient (Wildman–Crippen LogP) is 2.98. The SMILES string of the molecule is CCc1ccc(C(=O)N(CCN)C2CCCCC2)cc1. The van der Waals surface area contributed by atoms with Crippen molar-refractivity contribution in [1.82, 2.24) is 4.90 Å². The summed E-state index contributed by atoms with van der Waals surface area (Å²) < 4.78 is 0. The third kappa shape index (κ3) is 3.60. The van der Waals surface area contributed by atoms with Crippen LogP contribution < -0.4 is 5.73 Å². The largest absolute Gasteiger partial charge is 0.334 e. The number of carbonyl (C=O) groups is 1. The zero-order chi connectivity index (χ0) is 14.4. The number of nitrogens with two attached hydrogens (primary N) is 1. The summed E-state index contributed by atoms with van der Waals surface area (Å²) in [7, 11) is 0. The fourth-order valence-electron chi connectivity index (χ4n) is 3.03. The van der Waals surface area contributed by atoms with Crippen LogP contribution >= 0.6 is 0 Å². The molecule has 1 fully saturated rings. The van der Waals surface area contributed by atoms with E-state index < -0.39 is 0 Å². The zero-order valence-corrected chi connectivity index (χ0v) is 12.5. The Hall–Kier alpha value is -1.35. The summed E-state index contributed by atoms with van der Waals surface area (Å²) in [5.41, 5.74) is 7.76. The van der Waals surface area contributed by atoms with Gasteiger partial charge in [0.15, 0.2) is 0 Å². The molecular formula is C17H26N2O. The fraction of sp³-hybridized carbons (Fsp3) is 0.588. The van der Waals surface area contributed by atoms with Gasteiger partial charge in [-0.05, 0) is 37.0 Å². The smallest absolute Gasteiger partial charge is 0.254 e. The first-order valence-corrected chi connectivity index (χ1v) is 7.86. The van der Waals surface area contributed by atoms with Crippen molar-refractivity contribution in [2.45, 2.75) is 51.5 Å². The first-order chi connectivity index (χ1) is 9.76. The van der Waals surface area contributed by atoms with E-state index in [2.05, 4.69) is 19.1 Å². The fourth-order valence-corrected chi connectivity index (χ4v) is 3.03. The van der Waals surface area contributed by atoms with Gasteiger partial charge in [0.1, 0.15) is 0 Å². The second-order valence-corrected chi connectivity index (χ2v) is 5.63. The molecular weight excluding hydrogens is 248 g/mol. The standard InChI is InChI=1S/C17H26N2O/c1-2-14-8-10-15(11-9-14)17(20)19(13-12-18)16-6-4-3-5-7-16/h8-11,16H,2-7,12-13,18H2,1H3. The molecule has 1 aromatic carbocycles. The molecule has 2 rings (SSSR count).